The van der Waals surface area contributed by atoms with Crippen molar-refractivity contribution in [1.82, 2.24) is 13.7 Å². The Hall–Kier alpha value is -17.0. The van der Waals surface area contributed by atoms with Crippen LogP contribution in [0, 0.1) is 0 Å². The van der Waals surface area contributed by atoms with E-state index in [9.17, 15) is 0 Å². The van der Waals surface area contributed by atoms with Crippen LogP contribution in [-0.2, 0) is 16.2 Å². The first-order valence-corrected chi connectivity index (χ1v) is 48.6. The summed E-state index contributed by atoms with van der Waals surface area (Å²) >= 11 is 0. The second-order valence-electron chi connectivity index (χ2n) is 39.9. The van der Waals surface area contributed by atoms with Gasteiger partial charge in [-0.25, -0.2) is 0 Å². The predicted octanol–water partition coefficient (Wildman–Crippen LogP) is 36.6. The summed E-state index contributed by atoms with van der Waals surface area (Å²) in [7, 11) is 0. The number of aromatic nitrogens is 3. The van der Waals surface area contributed by atoms with Gasteiger partial charge in [-0.15, -0.1) is 0 Å². The summed E-state index contributed by atoms with van der Waals surface area (Å²) in [6.07, 6.45) is 0. The van der Waals surface area contributed by atoms with Crippen molar-refractivity contribution in [2.75, 3.05) is 0 Å². The Kier molecular flexibility index (Phi) is 17.3. The number of rotatable bonds is 9. The maximum absolute atomic E-state index is 2.53. The van der Waals surface area contributed by atoms with Crippen LogP contribution in [0.2, 0.25) is 0 Å². The summed E-state index contributed by atoms with van der Waals surface area (Å²) in [6, 6.07) is 169. The highest BCUT2D eigenvalue weighted by Gasteiger charge is 2.40. The standard InChI is InChI=1S/3C45H31N/c1-45(2)37-21-11-19-35-33-17-9-10-18-34(33)36-20-12-22-39-42(36)44-40(24-23-38(45)43(44)41(35)37)46(39)32-26-30(28-13-5-3-6-14-28)25-31(27-32)29-15-7-4-8-16-29;1-45(2)37-19-9-17-35-33-15-6-7-16-34(33)36-18-10-20-39-42(36)44-40(26-25-38(45)43(44)41(35)37)46(39)32-14-8-13-31(27-32)30-23-21-29(22-24-30)28-11-4-3-5-12-28;1-45(2)36-22-11-20-34-32-18-6-7-19-33(32)35-21-12-24-39-42(35)44-40(26-25-37(45)43(44)41(34)36)46(39)38-23-9-8-17-31(38)30-16-10-15-29(27-30)28-13-4-3-5-14-28/h3*3-27H,1-2H3. The van der Waals surface area contributed by atoms with Crippen molar-refractivity contribution in [3.63, 3.8) is 0 Å². The normalized spacial score (nSPS) is 13.6. The van der Waals surface area contributed by atoms with Gasteiger partial charge < -0.3 is 13.7 Å². The van der Waals surface area contributed by atoms with Crippen LogP contribution in [0.1, 0.15) is 74.9 Å². The monoisotopic (exact) mass is 1760 g/mol. The fourth-order valence-corrected chi connectivity index (χ4v) is 25.3. The van der Waals surface area contributed by atoms with Crippen LogP contribution >= 0.6 is 0 Å². The van der Waals surface area contributed by atoms with Gasteiger partial charge in [-0.1, -0.05) is 418 Å². The summed E-state index contributed by atoms with van der Waals surface area (Å²) < 4.78 is 7.55. The van der Waals surface area contributed by atoms with Crippen LogP contribution in [0.4, 0.5) is 0 Å². The fourth-order valence-electron chi connectivity index (χ4n) is 25.3. The van der Waals surface area contributed by atoms with Gasteiger partial charge in [-0.05, 0) is 270 Å². The summed E-state index contributed by atoms with van der Waals surface area (Å²) in [5.74, 6) is 0. The number of hydrogen-bond acceptors (Lipinski definition) is 0. The molecule has 0 bridgehead atoms. The molecule has 24 aromatic carbocycles. The Labute approximate surface area is 800 Å². The van der Waals surface area contributed by atoms with Gasteiger partial charge in [0.15, 0.2) is 0 Å². The lowest BCUT2D eigenvalue weighted by Gasteiger charge is -2.22. The van der Waals surface area contributed by atoms with Gasteiger partial charge in [-0.2, -0.15) is 0 Å². The van der Waals surface area contributed by atoms with Gasteiger partial charge in [0.25, 0.3) is 0 Å². The Bertz CT molecular complexity index is 9830. The van der Waals surface area contributed by atoms with Crippen molar-refractivity contribution in [3.05, 3.63) is 488 Å². The molecule has 0 amide bonds. The van der Waals surface area contributed by atoms with Gasteiger partial charge in [0, 0.05) is 65.5 Å². The average Bonchev–Trinajstić information content (AvgIpc) is 1.48. The van der Waals surface area contributed by atoms with Crippen LogP contribution in [0.25, 0.3) is 246 Å². The molecule has 0 saturated heterocycles. The van der Waals surface area contributed by atoms with E-state index >= 15 is 0 Å². The van der Waals surface area contributed by atoms with Gasteiger partial charge >= 0.3 is 0 Å². The van der Waals surface area contributed by atoms with Crippen LogP contribution < -0.4 is 0 Å². The van der Waals surface area contributed by atoms with E-state index < -0.39 is 0 Å². The summed E-state index contributed by atoms with van der Waals surface area (Å²) in [4.78, 5) is 0. The smallest absolute Gasteiger partial charge is 0.0548 e. The Morgan fingerprint density at radius 1 is 0.138 bits per heavy atom. The highest BCUT2D eigenvalue weighted by molar-refractivity contribution is 6.39. The molecular weight excluding hydrogens is 1660 g/mol. The van der Waals surface area contributed by atoms with E-state index in [0.717, 1.165) is 0 Å². The molecule has 3 aliphatic rings. The van der Waals surface area contributed by atoms with Crippen molar-refractivity contribution >= 4 is 162 Å². The molecule has 0 fully saturated rings. The highest BCUT2D eigenvalue weighted by atomic mass is 15.0. The molecule has 3 nitrogen and oxygen atoms in total. The quantitative estimate of drug-likeness (QED) is 0.137. The minimum atomic E-state index is -0.0920. The van der Waals surface area contributed by atoms with Crippen LogP contribution in [0.15, 0.2) is 455 Å². The molecule has 30 rings (SSSR count). The van der Waals surface area contributed by atoms with Crippen molar-refractivity contribution in [1.29, 1.82) is 0 Å². The SMILES string of the molecule is CC1(C)c2cccc3c4ccccc4c4cccc5c4c4c(c1ccc4n5-c1cc(-c4ccccc4)cc(-c4ccccc4)c1)c23.CC1(C)c2cccc3c4ccccc4c4cccc5c4c4c(c1ccc4n5-c1cccc(-c4ccc(-c5ccccc5)cc4)c1)c23.CC1(C)c2cccc3c4ccccc4c4cccc5c4c4c(c1ccc4n5-c1ccccc1-c1cccc(-c4ccccc4)c1)c23. The first-order chi connectivity index (χ1) is 67.8. The lowest BCUT2D eigenvalue weighted by Crippen LogP contribution is -2.15. The van der Waals surface area contributed by atoms with E-state index in [4.69, 9.17) is 0 Å². The van der Waals surface area contributed by atoms with Gasteiger partial charge in [-0.3, -0.25) is 0 Å². The third-order valence-corrected chi connectivity index (χ3v) is 31.6. The number of fused-ring (bicyclic) bond motifs is 9. The van der Waals surface area contributed by atoms with E-state index in [-0.39, 0.29) is 16.2 Å². The molecule has 648 valence electrons. The second kappa shape index (κ2) is 30.0. The molecular formula is C135H93N3. The topological polar surface area (TPSA) is 14.8 Å². The number of para-hydroxylation sites is 1. The minimum Gasteiger partial charge on any atom is -0.309 e. The zero-order chi connectivity index (χ0) is 91.7. The van der Waals surface area contributed by atoms with E-state index in [1.54, 1.807) is 0 Å². The maximum atomic E-state index is 2.53. The van der Waals surface area contributed by atoms with Crippen LogP contribution in [0.3, 0.4) is 0 Å². The first-order valence-electron chi connectivity index (χ1n) is 48.6. The number of benzene rings is 21. The lowest BCUT2D eigenvalue weighted by atomic mass is 9.81. The summed E-state index contributed by atoms with van der Waals surface area (Å²) in [6.45, 7) is 14.4. The molecule has 3 aromatic heterocycles. The van der Waals surface area contributed by atoms with E-state index in [2.05, 4.69) is 510 Å². The zero-order valence-corrected chi connectivity index (χ0v) is 77.6. The lowest BCUT2D eigenvalue weighted by molar-refractivity contribution is 0.663. The molecule has 138 heavy (non-hydrogen) atoms. The zero-order valence-electron chi connectivity index (χ0n) is 77.6. The van der Waals surface area contributed by atoms with E-state index in [1.165, 1.54) is 280 Å². The largest absolute Gasteiger partial charge is 0.309 e. The molecule has 0 unspecified atom stereocenters. The summed E-state index contributed by atoms with van der Waals surface area (Å²) in [5.41, 5.74) is 34.0. The molecule has 3 aliphatic carbocycles. The van der Waals surface area contributed by atoms with Gasteiger partial charge in [0.2, 0.25) is 0 Å². The van der Waals surface area contributed by atoms with E-state index in [0.29, 0.717) is 0 Å². The van der Waals surface area contributed by atoms with Gasteiger partial charge in [0.1, 0.15) is 0 Å². The molecule has 0 spiro atoms. The van der Waals surface area contributed by atoms with Crippen molar-refractivity contribution in [3.8, 4) is 83.8 Å². The van der Waals surface area contributed by atoms with Crippen LogP contribution in [0.5, 0.6) is 0 Å². The number of hydrogen-bond donors (Lipinski definition) is 0. The Morgan fingerprint density at radius 2 is 0.384 bits per heavy atom. The molecule has 0 N–H and O–H groups in total. The second-order valence-corrected chi connectivity index (χ2v) is 39.9. The van der Waals surface area contributed by atoms with Crippen molar-refractivity contribution in [2.45, 2.75) is 57.8 Å². The molecule has 0 atom stereocenters. The summed E-state index contributed by atoms with van der Waals surface area (Å²) in [5, 5.41) is 32.3. The highest BCUT2D eigenvalue weighted by Crippen LogP contribution is 2.59. The molecule has 27 aromatic rings. The van der Waals surface area contributed by atoms with Crippen molar-refractivity contribution < 1.29 is 0 Å². The molecule has 3 heterocycles. The molecule has 0 aliphatic heterocycles. The average molecular weight is 1760 g/mol. The molecule has 0 radical (unpaired) electrons. The minimum absolute atomic E-state index is 0.0800. The fraction of sp³-hybridized carbons (Fsp3) is 0.0667. The molecule has 3 heteroatoms. The Morgan fingerprint density at radius 3 is 0.790 bits per heavy atom. The van der Waals surface area contributed by atoms with Crippen molar-refractivity contribution in [2.24, 2.45) is 0 Å². The maximum Gasteiger partial charge on any atom is 0.0548 e. The van der Waals surface area contributed by atoms with Gasteiger partial charge in [0.05, 0.1) is 38.8 Å². The van der Waals surface area contributed by atoms with Crippen LogP contribution in [-0.4, -0.2) is 13.7 Å². The first kappa shape index (κ1) is 79.6. The predicted molar refractivity (Wildman–Crippen MR) is 589 cm³/mol. The third-order valence-electron chi connectivity index (χ3n) is 31.6. The third kappa shape index (κ3) is 11.5. The number of nitrogens with zero attached hydrogens (tertiary/aromatic N) is 3. The molecule has 0 saturated carbocycles. The Balaban J connectivity index is 0.000000102. The van der Waals surface area contributed by atoms with E-state index in [1.807, 2.05) is 0 Å².